The predicted octanol–water partition coefficient (Wildman–Crippen LogP) is 3.41. The molecule has 1 heterocycles. The van der Waals surface area contributed by atoms with Crippen LogP contribution in [-0.2, 0) is 6.42 Å². The summed E-state index contributed by atoms with van der Waals surface area (Å²) in [4.78, 5) is 4.60. The van der Waals surface area contributed by atoms with Gasteiger partial charge >= 0.3 is 0 Å². The summed E-state index contributed by atoms with van der Waals surface area (Å²) in [7, 11) is 0. The highest BCUT2D eigenvalue weighted by Gasteiger charge is 1.96. The smallest absolute Gasteiger partial charge is 0.0705 e. The van der Waals surface area contributed by atoms with E-state index in [1.165, 1.54) is 0 Å². The Kier molecular flexibility index (Phi) is 3.34. The van der Waals surface area contributed by atoms with Crippen LogP contribution in [0.2, 0.25) is 0 Å². The molecule has 1 aromatic heterocycles. The molecule has 0 radical (unpaired) electrons. The predicted molar refractivity (Wildman–Crippen MR) is 83.2 cm³/mol. The van der Waals surface area contributed by atoms with Crippen molar-refractivity contribution >= 4 is 16.6 Å². The van der Waals surface area contributed by atoms with Gasteiger partial charge in [0, 0.05) is 16.6 Å². The van der Waals surface area contributed by atoms with Crippen molar-refractivity contribution in [2.45, 2.75) is 6.42 Å². The summed E-state index contributed by atoms with van der Waals surface area (Å²) in [6.07, 6.45) is 0.639. The van der Waals surface area contributed by atoms with Crippen molar-refractivity contribution in [2.24, 2.45) is 0 Å². The lowest BCUT2D eigenvalue weighted by Gasteiger charge is -1.99. The quantitative estimate of drug-likeness (QED) is 0.536. The minimum Gasteiger partial charge on any atom is -0.399 e. The molecule has 0 aliphatic carbocycles. The van der Waals surface area contributed by atoms with E-state index in [1.54, 1.807) is 0 Å². The molecular weight excluding hydrogens is 244 g/mol. The molecule has 3 rings (SSSR count). The number of hydrogen-bond acceptors (Lipinski definition) is 2. The number of benzene rings is 2. The monoisotopic (exact) mass is 258 g/mol. The van der Waals surface area contributed by atoms with Gasteiger partial charge in [-0.2, -0.15) is 0 Å². The zero-order valence-electron chi connectivity index (χ0n) is 11.0. The van der Waals surface area contributed by atoms with Crippen molar-refractivity contribution in [3.8, 4) is 11.8 Å². The topological polar surface area (TPSA) is 38.9 Å². The molecule has 2 aromatic carbocycles. The fourth-order valence-electron chi connectivity index (χ4n) is 2.06. The number of nitrogens with two attached hydrogens (primary N) is 1. The Morgan fingerprint density at radius 1 is 0.950 bits per heavy atom. The highest BCUT2D eigenvalue weighted by atomic mass is 14.7. The minimum atomic E-state index is 0.639. The molecular formula is C18H14N2. The maximum atomic E-state index is 5.72. The highest BCUT2D eigenvalue weighted by molar-refractivity contribution is 5.78. The van der Waals surface area contributed by atoms with E-state index < -0.39 is 0 Å². The van der Waals surface area contributed by atoms with E-state index in [2.05, 4.69) is 29.0 Å². The van der Waals surface area contributed by atoms with Crippen LogP contribution in [0.15, 0.2) is 60.7 Å². The Morgan fingerprint density at radius 3 is 2.75 bits per heavy atom. The second-order valence-electron chi connectivity index (χ2n) is 4.60. The van der Waals surface area contributed by atoms with Crippen LogP contribution in [-0.4, -0.2) is 4.98 Å². The molecule has 2 N–H and O–H groups in total. The number of anilines is 1. The molecule has 0 fully saturated rings. The molecule has 3 aromatic rings. The number of aromatic nitrogens is 1. The zero-order chi connectivity index (χ0) is 13.8. The molecule has 0 aliphatic rings. The summed E-state index contributed by atoms with van der Waals surface area (Å²) in [6, 6.07) is 19.8. The van der Waals surface area contributed by atoms with Crippen molar-refractivity contribution in [3.63, 3.8) is 0 Å². The third-order valence-corrected chi connectivity index (χ3v) is 3.04. The molecule has 0 atom stereocenters. The van der Waals surface area contributed by atoms with Crippen molar-refractivity contribution in [3.05, 3.63) is 71.9 Å². The third-order valence-electron chi connectivity index (χ3n) is 3.04. The second-order valence-corrected chi connectivity index (χ2v) is 4.60. The molecule has 0 saturated carbocycles. The number of para-hydroxylation sites is 1. The van der Waals surface area contributed by atoms with Gasteiger partial charge in [-0.25, -0.2) is 0 Å². The van der Waals surface area contributed by atoms with Crippen LogP contribution in [0.25, 0.3) is 10.9 Å². The SMILES string of the molecule is Nc1cccc(C#CCc2ccc3ccccc3n2)c1. The number of fused-ring (bicyclic) bond motifs is 1. The van der Waals surface area contributed by atoms with E-state index in [9.17, 15) is 0 Å². The molecule has 0 bridgehead atoms. The highest BCUT2D eigenvalue weighted by Crippen LogP contribution is 2.12. The molecule has 96 valence electrons. The van der Waals surface area contributed by atoms with Crippen LogP contribution >= 0.6 is 0 Å². The lowest BCUT2D eigenvalue weighted by molar-refractivity contribution is 1.17. The van der Waals surface area contributed by atoms with Crippen molar-refractivity contribution < 1.29 is 0 Å². The Morgan fingerprint density at radius 2 is 1.85 bits per heavy atom. The molecule has 20 heavy (non-hydrogen) atoms. The van der Waals surface area contributed by atoms with E-state index in [1.807, 2.05) is 48.5 Å². The van der Waals surface area contributed by atoms with Crippen LogP contribution in [0.5, 0.6) is 0 Å². The normalized spacial score (nSPS) is 10.0. The van der Waals surface area contributed by atoms with Crippen LogP contribution in [0.3, 0.4) is 0 Å². The van der Waals surface area contributed by atoms with E-state index in [0.29, 0.717) is 6.42 Å². The molecule has 0 saturated heterocycles. The Balaban J connectivity index is 1.80. The molecule has 2 heteroatoms. The van der Waals surface area contributed by atoms with Gasteiger partial charge in [0.25, 0.3) is 0 Å². The molecule has 2 nitrogen and oxygen atoms in total. The summed E-state index contributed by atoms with van der Waals surface area (Å²) in [5, 5.41) is 1.15. The minimum absolute atomic E-state index is 0.639. The lowest BCUT2D eigenvalue weighted by atomic mass is 10.1. The van der Waals surface area contributed by atoms with Crippen molar-refractivity contribution in [1.82, 2.24) is 4.98 Å². The standard InChI is InChI=1S/C18H14N2/c19-16-8-3-5-14(13-16)6-4-9-17-12-11-15-7-1-2-10-18(15)20-17/h1-3,5,7-8,10-13H,9,19H2. The molecule has 0 spiro atoms. The number of nitrogen functional groups attached to an aromatic ring is 1. The fraction of sp³-hybridized carbons (Fsp3) is 0.0556. The first-order valence-electron chi connectivity index (χ1n) is 6.50. The van der Waals surface area contributed by atoms with E-state index in [0.717, 1.165) is 27.8 Å². The third kappa shape index (κ3) is 2.78. The van der Waals surface area contributed by atoms with E-state index in [4.69, 9.17) is 5.73 Å². The number of nitrogens with zero attached hydrogens (tertiary/aromatic N) is 1. The Bertz CT molecular complexity index is 810. The van der Waals surface area contributed by atoms with Gasteiger partial charge < -0.3 is 5.73 Å². The number of hydrogen-bond donors (Lipinski definition) is 1. The van der Waals surface area contributed by atoms with Crippen molar-refractivity contribution in [2.75, 3.05) is 5.73 Å². The van der Waals surface area contributed by atoms with E-state index >= 15 is 0 Å². The van der Waals surface area contributed by atoms with Crippen LogP contribution < -0.4 is 5.73 Å². The van der Waals surface area contributed by atoms with Gasteiger partial charge in [0.15, 0.2) is 0 Å². The van der Waals surface area contributed by atoms with Gasteiger partial charge in [0.1, 0.15) is 0 Å². The Hall–Kier alpha value is -2.79. The zero-order valence-corrected chi connectivity index (χ0v) is 11.0. The average molecular weight is 258 g/mol. The summed E-state index contributed by atoms with van der Waals surface area (Å²) in [5.74, 6) is 6.25. The first-order valence-corrected chi connectivity index (χ1v) is 6.50. The molecule has 0 amide bonds. The summed E-state index contributed by atoms with van der Waals surface area (Å²) in [5.41, 5.74) is 9.39. The van der Waals surface area contributed by atoms with E-state index in [-0.39, 0.29) is 0 Å². The largest absolute Gasteiger partial charge is 0.399 e. The fourth-order valence-corrected chi connectivity index (χ4v) is 2.06. The van der Waals surface area contributed by atoms with Gasteiger partial charge in [-0.1, -0.05) is 42.2 Å². The summed E-state index contributed by atoms with van der Waals surface area (Å²) in [6.45, 7) is 0. The molecule has 0 aliphatic heterocycles. The Labute approximate surface area is 118 Å². The first-order chi connectivity index (χ1) is 9.81. The summed E-state index contributed by atoms with van der Waals surface area (Å²) < 4.78 is 0. The van der Waals surface area contributed by atoms with Gasteiger partial charge in [-0.15, -0.1) is 0 Å². The maximum Gasteiger partial charge on any atom is 0.0705 e. The van der Waals surface area contributed by atoms with Gasteiger partial charge in [-0.3, -0.25) is 4.98 Å². The van der Waals surface area contributed by atoms with Crippen LogP contribution in [0.4, 0.5) is 5.69 Å². The van der Waals surface area contributed by atoms with Crippen molar-refractivity contribution in [1.29, 1.82) is 0 Å². The van der Waals surface area contributed by atoms with Gasteiger partial charge in [0.2, 0.25) is 0 Å². The van der Waals surface area contributed by atoms with Gasteiger partial charge in [0.05, 0.1) is 17.6 Å². The van der Waals surface area contributed by atoms with Crippen LogP contribution in [0, 0.1) is 11.8 Å². The average Bonchev–Trinajstić information content (AvgIpc) is 2.47. The summed E-state index contributed by atoms with van der Waals surface area (Å²) >= 11 is 0. The first kappa shape index (κ1) is 12.3. The van der Waals surface area contributed by atoms with Crippen LogP contribution in [0.1, 0.15) is 11.3 Å². The number of pyridine rings is 1. The lowest BCUT2D eigenvalue weighted by Crippen LogP contribution is -1.89. The number of rotatable bonds is 1. The second kappa shape index (κ2) is 5.46. The van der Waals surface area contributed by atoms with Gasteiger partial charge in [-0.05, 0) is 30.3 Å². The molecule has 0 unspecified atom stereocenters. The maximum absolute atomic E-state index is 5.72.